The Bertz CT molecular complexity index is 588. The van der Waals surface area contributed by atoms with Crippen molar-refractivity contribution in [2.45, 2.75) is 0 Å². The molecule has 0 aliphatic carbocycles. The van der Waals surface area contributed by atoms with Gasteiger partial charge in [-0.05, 0) is 12.1 Å². The first-order valence-electron chi connectivity index (χ1n) is 4.79. The highest BCUT2D eigenvalue weighted by atomic mass is 19.2. The number of carbonyl (C=O) groups excluding carboxylic acids is 1. The summed E-state index contributed by atoms with van der Waals surface area (Å²) in [5.74, 6) is -5.20. The van der Waals surface area contributed by atoms with E-state index < -0.39 is 23.4 Å². The van der Waals surface area contributed by atoms with Gasteiger partial charge in [-0.15, -0.1) is 0 Å². The predicted molar refractivity (Wildman–Crippen MR) is 55.3 cm³/mol. The zero-order chi connectivity index (χ0) is 13.3. The third-order valence-corrected chi connectivity index (χ3v) is 2.18. The van der Waals surface area contributed by atoms with Gasteiger partial charge in [0.25, 0.3) is 5.91 Å². The first-order chi connectivity index (χ1) is 8.49. The maximum atomic E-state index is 12.9. The van der Waals surface area contributed by atoms with Gasteiger partial charge < -0.3 is 0 Å². The Hall–Kier alpha value is -2.38. The number of carbonyl (C=O) groups is 1. The van der Waals surface area contributed by atoms with Gasteiger partial charge in [0.15, 0.2) is 17.5 Å². The third-order valence-electron chi connectivity index (χ3n) is 2.18. The van der Waals surface area contributed by atoms with E-state index >= 15 is 0 Å². The summed E-state index contributed by atoms with van der Waals surface area (Å²) in [4.78, 5) is 15.3. The Kier molecular flexibility index (Phi) is 3.00. The lowest BCUT2D eigenvalue weighted by Gasteiger charge is -2.04. The monoisotopic (exact) mass is 256 g/mol. The van der Waals surface area contributed by atoms with E-state index in [9.17, 15) is 18.0 Å². The van der Waals surface area contributed by atoms with Crippen LogP contribution in [-0.2, 0) is 7.05 Å². The van der Waals surface area contributed by atoms with Crippen LogP contribution in [0.1, 0.15) is 10.4 Å². The normalized spacial score (nSPS) is 10.4. The van der Waals surface area contributed by atoms with E-state index in [4.69, 9.17) is 0 Å². The van der Waals surface area contributed by atoms with Crippen molar-refractivity contribution < 1.29 is 18.0 Å². The molecule has 0 saturated carbocycles. The number of halogens is 3. The molecule has 94 valence electrons. The maximum absolute atomic E-state index is 12.9. The van der Waals surface area contributed by atoms with E-state index in [-0.39, 0.29) is 11.5 Å². The number of nitrogens with zero attached hydrogens (tertiary/aromatic N) is 3. The van der Waals surface area contributed by atoms with E-state index in [2.05, 4.69) is 15.4 Å². The Morgan fingerprint density at radius 1 is 1.28 bits per heavy atom. The van der Waals surface area contributed by atoms with Gasteiger partial charge in [-0.1, -0.05) is 0 Å². The molecule has 1 aromatic carbocycles. The quantitative estimate of drug-likeness (QED) is 0.828. The van der Waals surface area contributed by atoms with Crippen LogP contribution in [0.25, 0.3) is 0 Å². The van der Waals surface area contributed by atoms with Gasteiger partial charge in [-0.25, -0.2) is 17.9 Å². The summed E-state index contributed by atoms with van der Waals surface area (Å²) in [6.45, 7) is 0. The smallest absolute Gasteiger partial charge is 0.258 e. The molecule has 1 amide bonds. The van der Waals surface area contributed by atoms with Crippen molar-refractivity contribution in [3.05, 3.63) is 41.5 Å². The van der Waals surface area contributed by atoms with Gasteiger partial charge >= 0.3 is 0 Å². The Morgan fingerprint density at radius 2 is 1.89 bits per heavy atom. The zero-order valence-electron chi connectivity index (χ0n) is 9.12. The van der Waals surface area contributed by atoms with Gasteiger partial charge in [0, 0.05) is 12.6 Å². The molecule has 0 saturated heterocycles. The molecule has 1 N–H and O–H groups in total. The largest absolute Gasteiger partial charge is 0.291 e. The standard InChI is InChI=1S/C10H7F3N4O/c1-17-10(14-4-15-17)16-9(18)5-2-6(11)8(13)7(12)3-5/h2-4H,1H3,(H,14,15,16,18). The molecular weight excluding hydrogens is 249 g/mol. The number of aromatic nitrogens is 3. The summed E-state index contributed by atoms with van der Waals surface area (Å²) in [6.07, 6.45) is 1.20. The number of aryl methyl sites for hydroxylation is 1. The minimum absolute atomic E-state index is 0.102. The van der Waals surface area contributed by atoms with E-state index in [1.165, 1.54) is 18.1 Å². The molecule has 2 rings (SSSR count). The summed E-state index contributed by atoms with van der Waals surface area (Å²) in [6, 6.07) is 1.20. The highest BCUT2D eigenvalue weighted by Crippen LogP contribution is 2.14. The maximum Gasteiger partial charge on any atom is 0.258 e. The van der Waals surface area contributed by atoms with Gasteiger partial charge in [-0.3, -0.25) is 10.1 Å². The van der Waals surface area contributed by atoms with Crippen molar-refractivity contribution in [2.24, 2.45) is 7.05 Å². The second-order valence-electron chi connectivity index (χ2n) is 3.42. The van der Waals surface area contributed by atoms with Crippen LogP contribution in [-0.4, -0.2) is 20.7 Å². The topological polar surface area (TPSA) is 59.8 Å². The molecule has 0 radical (unpaired) electrons. The van der Waals surface area contributed by atoms with Crippen molar-refractivity contribution in [3.63, 3.8) is 0 Å². The van der Waals surface area contributed by atoms with Crippen LogP contribution in [0, 0.1) is 17.5 Å². The third kappa shape index (κ3) is 2.17. The first kappa shape index (κ1) is 12.1. The van der Waals surface area contributed by atoms with Crippen molar-refractivity contribution in [2.75, 3.05) is 5.32 Å². The molecule has 1 aromatic heterocycles. The van der Waals surface area contributed by atoms with Crippen molar-refractivity contribution in [1.82, 2.24) is 14.8 Å². The number of nitrogens with one attached hydrogen (secondary N) is 1. The summed E-state index contributed by atoms with van der Waals surface area (Å²) < 4.78 is 39.8. The van der Waals surface area contributed by atoms with E-state index in [1.807, 2.05) is 0 Å². The molecule has 0 fully saturated rings. The SMILES string of the molecule is Cn1ncnc1NC(=O)c1cc(F)c(F)c(F)c1. The molecule has 5 nitrogen and oxygen atoms in total. The van der Waals surface area contributed by atoms with E-state index in [0.29, 0.717) is 12.1 Å². The van der Waals surface area contributed by atoms with Crippen LogP contribution in [0.4, 0.5) is 19.1 Å². The second-order valence-corrected chi connectivity index (χ2v) is 3.42. The van der Waals surface area contributed by atoms with Crippen molar-refractivity contribution >= 4 is 11.9 Å². The average molecular weight is 256 g/mol. The minimum Gasteiger partial charge on any atom is -0.291 e. The van der Waals surface area contributed by atoms with Crippen LogP contribution >= 0.6 is 0 Å². The molecule has 18 heavy (non-hydrogen) atoms. The van der Waals surface area contributed by atoms with Crippen LogP contribution in [0.5, 0.6) is 0 Å². The molecule has 0 spiro atoms. The van der Waals surface area contributed by atoms with Gasteiger partial charge in [0.2, 0.25) is 5.95 Å². The molecule has 8 heteroatoms. The average Bonchev–Trinajstić information content (AvgIpc) is 2.71. The van der Waals surface area contributed by atoms with Crippen molar-refractivity contribution in [3.8, 4) is 0 Å². The first-order valence-corrected chi connectivity index (χ1v) is 4.79. The molecular formula is C10H7F3N4O. The highest BCUT2D eigenvalue weighted by Gasteiger charge is 2.16. The molecule has 0 atom stereocenters. The van der Waals surface area contributed by atoms with Crippen LogP contribution in [0.3, 0.4) is 0 Å². The zero-order valence-corrected chi connectivity index (χ0v) is 9.12. The summed E-state index contributed by atoms with van der Waals surface area (Å²) >= 11 is 0. The summed E-state index contributed by atoms with van der Waals surface area (Å²) in [5.41, 5.74) is -0.352. The fourth-order valence-electron chi connectivity index (χ4n) is 1.27. The van der Waals surface area contributed by atoms with Gasteiger partial charge in [-0.2, -0.15) is 10.1 Å². The lowest BCUT2D eigenvalue weighted by atomic mass is 10.2. The molecule has 0 aliphatic heterocycles. The lowest BCUT2D eigenvalue weighted by Crippen LogP contribution is -2.16. The fourth-order valence-corrected chi connectivity index (χ4v) is 1.27. The van der Waals surface area contributed by atoms with Crippen LogP contribution in [0.2, 0.25) is 0 Å². The molecule has 0 bridgehead atoms. The lowest BCUT2D eigenvalue weighted by molar-refractivity contribution is 0.102. The van der Waals surface area contributed by atoms with Crippen molar-refractivity contribution in [1.29, 1.82) is 0 Å². The van der Waals surface area contributed by atoms with Gasteiger partial charge in [0.05, 0.1) is 0 Å². The van der Waals surface area contributed by atoms with Crippen LogP contribution in [0.15, 0.2) is 18.5 Å². The van der Waals surface area contributed by atoms with E-state index in [1.54, 1.807) is 0 Å². The number of rotatable bonds is 2. The Labute approximate surface area is 99.3 Å². The Morgan fingerprint density at radius 3 is 2.39 bits per heavy atom. The summed E-state index contributed by atoms with van der Waals surface area (Å²) in [5, 5.41) is 5.97. The predicted octanol–water partition coefficient (Wildman–Crippen LogP) is 1.48. The minimum atomic E-state index is -1.62. The van der Waals surface area contributed by atoms with Crippen LogP contribution < -0.4 is 5.32 Å². The second kappa shape index (κ2) is 4.47. The number of benzene rings is 1. The van der Waals surface area contributed by atoms with E-state index in [0.717, 1.165) is 0 Å². The Balaban J connectivity index is 2.27. The number of hydrogen-bond acceptors (Lipinski definition) is 3. The molecule has 0 unspecified atom stereocenters. The number of hydrogen-bond donors (Lipinski definition) is 1. The number of amides is 1. The number of anilines is 1. The molecule has 0 aliphatic rings. The molecule has 1 heterocycles. The van der Waals surface area contributed by atoms with Gasteiger partial charge in [0.1, 0.15) is 6.33 Å². The molecule has 2 aromatic rings. The fraction of sp³-hybridized carbons (Fsp3) is 0.100. The highest BCUT2D eigenvalue weighted by molar-refractivity contribution is 6.03. The summed E-state index contributed by atoms with van der Waals surface area (Å²) in [7, 11) is 1.52.